The minimum absolute atomic E-state index is 0.154. The zero-order chi connectivity index (χ0) is 15.0. The lowest BCUT2D eigenvalue weighted by molar-refractivity contribution is 0.590. The Morgan fingerprint density at radius 1 is 1.00 bits per heavy atom. The maximum atomic E-state index is 9.08. The van der Waals surface area contributed by atoms with E-state index in [1.807, 2.05) is 18.2 Å². The van der Waals surface area contributed by atoms with Gasteiger partial charge in [0.25, 0.3) is 0 Å². The normalized spacial score (nSPS) is 11.5. The Kier molecular flexibility index (Phi) is 3.03. The third kappa shape index (κ3) is 2.41. The van der Waals surface area contributed by atoms with Gasteiger partial charge in [-0.2, -0.15) is 10.4 Å². The summed E-state index contributed by atoms with van der Waals surface area (Å²) in [5.74, 6) is 0. The van der Waals surface area contributed by atoms with Crippen molar-refractivity contribution in [2.24, 2.45) is 0 Å². The van der Waals surface area contributed by atoms with Gasteiger partial charge in [-0.1, -0.05) is 51.1 Å². The van der Waals surface area contributed by atoms with Crippen LogP contribution in [0.4, 0.5) is 0 Å². The van der Waals surface area contributed by atoms with Crippen LogP contribution in [0.15, 0.2) is 42.5 Å². The summed E-state index contributed by atoms with van der Waals surface area (Å²) in [7, 11) is 0. The second kappa shape index (κ2) is 4.75. The van der Waals surface area contributed by atoms with Crippen molar-refractivity contribution in [1.82, 2.24) is 10.2 Å². The van der Waals surface area contributed by atoms with E-state index >= 15 is 0 Å². The van der Waals surface area contributed by atoms with Gasteiger partial charge >= 0.3 is 0 Å². The molecule has 3 nitrogen and oxygen atoms in total. The molecule has 0 aliphatic heterocycles. The Labute approximate surface area is 124 Å². The largest absolute Gasteiger partial charge is 0.276 e. The van der Waals surface area contributed by atoms with E-state index in [2.05, 4.69) is 61.3 Å². The van der Waals surface area contributed by atoms with Crippen molar-refractivity contribution in [3.8, 4) is 17.2 Å². The molecule has 0 unspecified atom stereocenters. The molecule has 21 heavy (non-hydrogen) atoms. The molecule has 0 radical (unpaired) electrons. The van der Waals surface area contributed by atoms with E-state index in [-0.39, 0.29) is 5.41 Å². The summed E-state index contributed by atoms with van der Waals surface area (Å²) in [6.45, 7) is 6.62. The molecule has 1 N–H and O–H groups in total. The number of hydrogen-bond acceptors (Lipinski definition) is 2. The second-order valence-corrected chi connectivity index (χ2v) is 6.27. The number of aromatic nitrogens is 2. The highest BCUT2D eigenvalue weighted by Crippen LogP contribution is 2.28. The highest BCUT2D eigenvalue weighted by Gasteiger charge is 2.13. The minimum atomic E-state index is 0.154. The van der Waals surface area contributed by atoms with Crippen molar-refractivity contribution >= 4 is 10.9 Å². The number of hydrogen-bond donors (Lipinski definition) is 1. The number of nitrogens with zero attached hydrogens (tertiary/aromatic N) is 2. The van der Waals surface area contributed by atoms with Crippen molar-refractivity contribution in [3.63, 3.8) is 0 Å². The number of nitriles is 1. The van der Waals surface area contributed by atoms with E-state index < -0.39 is 0 Å². The highest BCUT2D eigenvalue weighted by molar-refractivity contribution is 5.88. The number of nitrogens with one attached hydrogen (secondary N) is 1. The van der Waals surface area contributed by atoms with Crippen LogP contribution in [0, 0.1) is 11.3 Å². The summed E-state index contributed by atoms with van der Waals surface area (Å²) in [6, 6.07) is 16.7. The van der Waals surface area contributed by atoms with E-state index in [1.165, 1.54) is 5.56 Å². The van der Waals surface area contributed by atoms with Gasteiger partial charge < -0.3 is 0 Å². The first-order valence-corrected chi connectivity index (χ1v) is 6.98. The summed E-state index contributed by atoms with van der Waals surface area (Å²) < 4.78 is 0. The predicted molar refractivity (Wildman–Crippen MR) is 84.9 cm³/mol. The van der Waals surface area contributed by atoms with Crippen molar-refractivity contribution in [3.05, 3.63) is 53.7 Å². The molecule has 0 fully saturated rings. The first-order chi connectivity index (χ1) is 9.99. The molecule has 3 heteroatoms. The van der Waals surface area contributed by atoms with Gasteiger partial charge in [-0.25, -0.2) is 0 Å². The Bertz CT molecular complexity index is 828. The van der Waals surface area contributed by atoms with Crippen molar-refractivity contribution in [2.45, 2.75) is 26.2 Å². The van der Waals surface area contributed by atoms with E-state index in [1.54, 1.807) is 0 Å². The van der Waals surface area contributed by atoms with Crippen LogP contribution < -0.4 is 0 Å². The molecule has 0 aliphatic carbocycles. The van der Waals surface area contributed by atoms with Crippen LogP contribution >= 0.6 is 0 Å². The average Bonchev–Trinajstić information content (AvgIpc) is 2.88. The Morgan fingerprint density at radius 3 is 2.29 bits per heavy atom. The van der Waals surface area contributed by atoms with Crippen molar-refractivity contribution < 1.29 is 0 Å². The first-order valence-electron chi connectivity index (χ1n) is 6.98. The van der Waals surface area contributed by atoms with Crippen LogP contribution in [0.3, 0.4) is 0 Å². The molecule has 1 heterocycles. The number of H-pyrrole nitrogens is 1. The van der Waals surface area contributed by atoms with Crippen LogP contribution in [0.1, 0.15) is 32.0 Å². The quantitative estimate of drug-likeness (QED) is 0.715. The molecular weight excluding hydrogens is 258 g/mol. The molecule has 0 bridgehead atoms. The molecule has 104 valence electrons. The standard InChI is InChI=1S/C18H17N3/c1-18(2,3)14-7-4-12(5-8-14)13-6-9-16-15(10-13)17(11-19)21-20-16/h4-10H,1-3H3,(H,20,21). The minimum Gasteiger partial charge on any atom is -0.276 e. The summed E-state index contributed by atoms with van der Waals surface area (Å²) in [6.07, 6.45) is 0. The highest BCUT2D eigenvalue weighted by atomic mass is 15.1. The Morgan fingerprint density at radius 2 is 1.67 bits per heavy atom. The van der Waals surface area contributed by atoms with Gasteiger partial charge in [-0.3, -0.25) is 5.10 Å². The maximum absolute atomic E-state index is 9.08. The molecular formula is C18H17N3. The van der Waals surface area contributed by atoms with Gasteiger partial charge in [0.15, 0.2) is 5.69 Å². The fraction of sp³-hybridized carbons (Fsp3) is 0.222. The molecule has 2 aromatic carbocycles. The molecule has 0 aliphatic rings. The summed E-state index contributed by atoms with van der Waals surface area (Å²) in [5, 5.41) is 16.8. The summed E-state index contributed by atoms with van der Waals surface area (Å²) in [5.41, 5.74) is 5.05. The molecule has 0 spiro atoms. The zero-order valence-electron chi connectivity index (χ0n) is 12.4. The SMILES string of the molecule is CC(C)(C)c1ccc(-c2ccc3[nH]nc(C#N)c3c2)cc1. The summed E-state index contributed by atoms with van der Waals surface area (Å²) >= 11 is 0. The fourth-order valence-electron chi connectivity index (χ4n) is 2.44. The molecule has 0 atom stereocenters. The number of benzene rings is 2. The number of aromatic amines is 1. The predicted octanol–water partition coefficient (Wildman–Crippen LogP) is 4.40. The molecule has 3 aromatic rings. The third-order valence-electron chi connectivity index (χ3n) is 3.75. The molecule has 0 saturated heterocycles. The van der Waals surface area contributed by atoms with Crippen LogP contribution in [-0.2, 0) is 5.41 Å². The zero-order valence-corrected chi connectivity index (χ0v) is 12.4. The van der Waals surface area contributed by atoms with Gasteiger partial charge in [-0.15, -0.1) is 0 Å². The van der Waals surface area contributed by atoms with Crippen LogP contribution in [0.2, 0.25) is 0 Å². The van der Waals surface area contributed by atoms with Gasteiger partial charge in [0.05, 0.1) is 5.52 Å². The molecule has 1 aromatic heterocycles. The lowest BCUT2D eigenvalue weighted by atomic mass is 9.86. The van der Waals surface area contributed by atoms with Gasteiger partial charge in [-0.05, 0) is 34.2 Å². The van der Waals surface area contributed by atoms with E-state index in [9.17, 15) is 0 Å². The molecule has 0 saturated carbocycles. The van der Waals surface area contributed by atoms with E-state index in [0.29, 0.717) is 5.69 Å². The van der Waals surface area contributed by atoms with Gasteiger partial charge in [0.2, 0.25) is 0 Å². The lowest BCUT2D eigenvalue weighted by Gasteiger charge is -2.19. The lowest BCUT2D eigenvalue weighted by Crippen LogP contribution is -2.10. The van der Waals surface area contributed by atoms with Crippen molar-refractivity contribution in [2.75, 3.05) is 0 Å². The third-order valence-corrected chi connectivity index (χ3v) is 3.75. The van der Waals surface area contributed by atoms with Crippen LogP contribution in [0.25, 0.3) is 22.0 Å². The molecule has 0 amide bonds. The van der Waals surface area contributed by atoms with E-state index in [4.69, 9.17) is 5.26 Å². The van der Waals surface area contributed by atoms with Crippen LogP contribution in [-0.4, -0.2) is 10.2 Å². The summed E-state index contributed by atoms with van der Waals surface area (Å²) in [4.78, 5) is 0. The van der Waals surface area contributed by atoms with Crippen molar-refractivity contribution in [1.29, 1.82) is 5.26 Å². The maximum Gasteiger partial charge on any atom is 0.170 e. The van der Waals surface area contributed by atoms with Gasteiger partial charge in [0.1, 0.15) is 6.07 Å². The van der Waals surface area contributed by atoms with Crippen LogP contribution in [0.5, 0.6) is 0 Å². The first kappa shape index (κ1) is 13.4. The second-order valence-electron chi connectivity index (χ2n) is 6.27. The monoisotopic (exact) mass is 275 g/mol. The van der Waals surface area contributed by atoms with Gasteiger partial charge in [0, 0.05) is 5.39 Å². The fourth-order valence-corrected chi connectivity index (χ4v) is 2.44. The average molecular weight is 275 g/mol. The smallest absolute Gasteiger partial charge is 0.170 e. The Balaban J connectivity index is 2.06. The Hall–Kier alpha value is -2.60. The topological polar surface area (TPSA) is 52.5 Å². The van der Waals surface area contributed by atoms with E-state index in [0.717, 1.165) is 22.0 Å². The number of rotatable bonds is 1. The number of fused-ring (bicyclic) bond motifs is 1. The molecule has 3 rings (SSSR count).